The normalized spacial score (nSPS) is 27.5. The van der Waals surface area contributed by atoms with Crippen molar-refractivity contribution in [3.8, 4) is 0 Å². The van der Waals surface area contributed by atoms with Crippen molar-refractivity contribution in [3.63, 3.8) is 0 Å². The lowest BCUT2D eigenvalue weighted by atomic mass is 9.71. The van der Waals surface area contributed by atoms with Crippen molar-refractivity contribution in [3.05, 3.63) is 96.6 Å². The molecule has 212 valence electrons. The number of rotatable bonds is 7. The average molecular weight is 551 g/mol. The second-order valence-electron chi connectivity index (χ2n) is 11.7. The number of allylic oxidation sites excluding steroid dienone is 4. The van der Waals surface area contributed by atoms with Crippen LogP contribution < -0.4 is 10.6 Å². The summed E-state index contributed by atoms with van der Waals surface area (Å²) in [5.41, 5.74) is 3.26. The van der Waals surface area contributed by atoms with E-state index in [1.165, 1.54) is 23.8 Å². The monoisotopic (exact) mass is 550 g/mol. The Morgan fingerprint density at radius 2 is 1.28 bits per heavy atom. The van der Waals surface area contributed by atoms with Gasteiger partial charge in [-0.15, -0.1) is 0 Å². The molecule has 0 unspecified atom stereocenters. The third-order valence-electron chi connectivity index (χ3n) is 8.47. The van der Waals surface area contributed by atoms with Crippen molar-refractivity contribution < 1.29 is 19.4 Å². The van der Waals surface area contributed by atoms with Gasteiger partial charge in [-0.25, -0.2) is 9.78 Å². The smallest absolute Gasteiger partial charge is 0.146 e. The van der Waals surface area contributed by atoms with Gasteiger partial charge in [0.2, 0.25) is 0 Å². The van der Waals surface area contributed by atoms with Gasteiger partial charge in [-0.1, -0.05) is 124 Å². The molecule has 0 amide bonds. The van der Waals surface area contributed by atoms with Crippen molar-refractivity contribution in [2.45, 2.75) is 59.0 Å². The van der Waals surface area contributed by atoms with Crippen LogP contribution in [0.5, 0.6) is 0 Å². The van der Waals surface area contributed by atoms with Gasteiger partial charge in [-0.3, -0.25) is 0 Å². The third kappa shape index (κ3) is 8.14. The molecule has 2 aromatic rings. The molecule has 0 aliphatic heterocycles. The fraction of sp³-hybridized carbons (Fsp3) is 0.471. The highest BCUT2D eigenvalue weighted by Gasteiger charge is 2.38. The Morgan fingerprint density at radius 1 is 0.846 bits per heavy atom. The molecule has 0 radical (unpaired) electrons. The zero-order chi connectivity index (χ0) is 28.6. The minimum absolute atomic E-state index is 0.242. The van der Waals surface area contributed by atoms with Crippen LogP contribution in [0.1, 0.15) is 53.4 Å². The summed E-state index contributed by atoms with van der Waals surface area (Å²) in [6.45, 7) is 17.2. The van der Waals surface area contributed by atoms with Gasteiger partial charge >= 0.3 is 0 Å². The number of hydrogen-bond donors (Lipinski definition) is 1. The molecule has 0 spiro atoms. The predicted molar refractivity (Wildman–Crippen MR) is 164 cm³/mol. The molecular weight excluding hydrogens is 503 g/mol. The maximum atomic E-state index is 14.0. The fourth-order valence-corrected chi connectivity index (χ4v) is 8.54. The Hall–Kier alpha value is -2.23. The zero-order valence-electron chi connectivity index (χ0n) is 24.4. The van der Waals surface area contributed by atoms with Gasteiger partial charge in [-0.05, 0) is 49.4 Å². The quantitative estimate of drug-likeness (QED) is 0.168. The maximum Gasteiger partial charge on any atom is 0.146 e. The molecule has 0 bridgehead atoms. The van der Waals surface area contributed by atoms with Gasteiger partial charge in [0.1, 0.15) is 13.7 Å². The average Bonchev–Trinajstić information content (AvgIpc) is 2.93. The van der Waals surface area contributed by atoms with E-state index >= 15 is 0 Å². The summed E-state index contributed by atoms with van der Waals surface area (Å²) >= 11 is 0. The highest BCUT2D eigenvalue weighted by Crippen LogP contribution is 2.45. The van der Waals surface area contributed by atoms with Crippen molar-refractivity contribution >= 4 is 17.8 Å². The van der Waals surface area contributed by atoms with Gasteiger partial charge < -0.3 is 9.67 Å². The molecular formula is C34H47O4P. The second kappa shape index (κ2) is 13.9. The van der Waals surface area contributed by atoms with Crippen LogP contribution >= 0.6 is 7.14 Å². The maximum absolute atomic E-state index is 14.0. The molecule has 2 aliphatic carbocycles. The molecule has 2 fully saturated rings. The Labute approximate surface area is 236 Å². The molecule has 4 atom stereocenters. The highest BCUT2D eigenvalue weighted by molar-refractivity contribution is 7.78. The minimum Gasteiger partial charge on any atom is -0.387 e. The van der Waals surface area contributed by atoms with E-state index in [0.717, 1.165) is 23.5 Å². The van der Waals surface area contributed by atoms with E-state index in [1.54, 1.807) is 0 Å². The molecule has 0 aromatic heterocycles. The Kier molecular flexibility index (Phi) is 11.2. The molecule has 0 saturated heterocycles. The van der Waals surface area contributed by atoms with E-state index < -0.39 is 12.7 Å². The van der Waals surface area contributed by atoms with Gasteiger partial charge in [0, 0.05) is 16.8 Å². The van der Waals surface area contributed by atoms with E-state index in [-0.39, 0.29) is 6.61 Å². The van der Waals surface area contributed by atoms with E-state index in [2.05, 4.69) is 51.8 Å². The number of benzene rings is 2. The van der Waals surface area contributed by atoms with Crippen LogP contribution in [0, 0.1) is 23.7 Å². The molecule has 2 aliphatic rings. The molecule has 4 nitrogen and oxygen atoms in total. The third-order valence-corrected chi connectivity index (χ3v) is 11.4. The standard InChI is InChI=1S/C23H27OP.C11H20O3/c1-18-16-21(17-19(2)20(18)3)14-15-25(24,22-10-6-4-7-11-22)23-12-8-5-9-13-23;1-8-5-11(12,7-14-13-4)6-9(2)10(8)3/h4-14,18-19H,3,15-17H2,1-2H3;8-9,12H,3,5-7H2,1-2,4H3/t18-,19-;8-,9-/m11/s1. The molecule has 4 rings (SSSR count). The first kappa shape index (κ1) is 31.3. The van der Waals surface area contributed by atoms with Gasteiger partial charge in [0.05, 0.1) is 12.7 Å². The van der Waals surface area contributed by atoms with Crippen LogP contribution in [0.2, 0.25) is 0 Å². The number of aliphatic hydroxyl groups is 1. The highest BCUT2D eigenvalue weighted by atomic mass is 31.2. The summed E-state index contributed by atoms with van der Waals surface area (Å²) < 4.78 is 14.0. The van der Waals surface area contributed by atoms with E-state index in [4.69, 9.17) is 4.89 Å². The minimum atomic E-state index is -2.64. The van der Waals surface area contributed by atoms with Crippen LogP contribution in [0.25, 0.3) is 0 Å². The summed E-state index contributed by atoms with van der Waals surface area (Å²) in [4.78, 5) is 9.35. The molecule has 1 N–H and O–H groups in total. The van der Waals surface area contributed by atoms with Crippen molar-refractivity contribution in [2.75, 3.05) is 19.9 Å². The van der Waals surface area contributed by atoms with Crippen LogP contribution in [-0.4, -0.2) is 30.6 Å². The van der Waals surface area contributed by atoms with Gasteiger partial charge in [0.25, 0.3) is 0 Å². The van der Waals surface area contributed by atoms with Gasteiger partial charge in [0.15, 0.2) is 0 Å². The summed E-state index contributed by atoms with van der Waals surface area (Å²) in [6.07, 6.45) is 6.36. The summed E-state index contributed by atoms with van der Waals surface area (Å²) in [7, 11) is -1.19. The molecule has 39 heavy (non-hydrogen) atoms. The summed E-state index contributed by atoms with van der Waals surface area (Å²) in [5, 5.41) is 12.1. The first-order valence-electron chi connectivity index (χ1n) is 14.1. The lowest BCUT2D eigenvalue weighted by Gasteiger charge is -2.39. The second-order valence-corrected chi connectivity index (χ2v) is 14.6. The first-order chi connectivity index (χ1) is 18.5. The molecule has 0 heterocycles. The van der Waals surface area contributed by atoms with Crippen LogP contribution in [0.3, 0.4) is 0 Å². The lowest BCUT2D eigenvalue weighted by molar-refractivity contribution is -0.301. The summed E-state index contributed by atoms with van der Waals surface area (Å²) in [5.74, 6) is 1.74. The Balaban J connectivity index is 0.000000255. The zero-order valence-corrected chi connectivity index (χ0v) is 25.3. The van der Waals surface area contributed by atoms with Gasteiger partial charge in [-0.2, -0.15) is 0 Å². The molecule has 5 heteroatoms. The first-order valence-corrected chi connectivity index (χ1v) is 16.0. The van der Waals surface area contributed by atoms with Crippen LogP contribution in [0.4, 0.5) is 0 Å². The van der Waals surface area contributed by atoms with Crippen molar-refractivity contribution in [1.82, 2.24) is 0 Å². The fourth-order valence-electron chi connectivity index (χ4n) is 6.00. The van der Waals surface area contributed by atoms with Crippen LogP contribution in [0.15, 0.2) is 96.6 Å². The SMILES string of the molecule is C=C1[C@H](C)CC(=CCP(=O)(c2ccccc2)c2ccccc2)C[C@H]1C.C=C1[C@H](C)CC(O)(COOC)C[C@H]1C. The van der Waals surface area contributed by atoms with Crippen molar-refractivity contribution in [1.29, 1.82) is 0 Å². The molecule has 2 aromatic carbocycles. The Bertz CT molecular complexity index is 1100. The number of hydrogen-bond acceptors (Lipinski definition) is 4. The largest absolute Gasteiger partial charge is 0.387 e. The predicted octanol–water partition coefficient (Wildman–Crippen LogP) is 7.47. The van der Waals surface area contributed by atoms with Crippen LogP contribution in [-0.2, 0) is 14.3 Å². The molecule has 2 saturated carbocycles. The van der Waals surface area contributed by atoms with E-state index in [1.807, 2.05) is 60.7 Å². The lowest BCUT2D eigenvalue weighted by Crippen LogP contribution is -2.42. The van der Waals surface area contributed by atoms with E-state index in [9.17, 15) is 9.67 Å². The van der Waals surface area contributed by atoms with E-state index in [0.29, 0.717) is 42.7 Å². The summed E-state index contributed by atoms with van der Waals surface area (Å²) in [6, 6.07) is 19.9. The van der Waals surface area contributed by atoms with Crippen molar-refractivity contribution in [2.24, 2.45) is 23.7 Å². The Morgan fingerprint density at radius 3 is 1.72 bits per heavy atom. The topological polar surface area (TPSA) is 55.8 Å².